The van der Waals surface area contributed by atoms with Crippen molar-refractivity contribution < 1.29 is 29.0 Å². The molecular weight excluding hydrogens is 496 g/mol. The molecule has 3 aliphatic rings. The number of aliphatic hydroxyl groups is 1. The van der Waals surface area contributed by atoms with Gasteiger partial charge in [0.1, 0.15) is 24.2 Å². The number of amides is 2. The van der Waals surface area contributed by atoms with Crippen LogP contribution in [-0.4, -0.2) is 70.8 Å². The number of rotatable bonds is 10. The third-order valence-electron chi connectivity index (χ3n) is 9.18. The molecule has 0 aliphatic carbocycles. The third-order valence-corrected chi connectivity index (χ3v) is 9.18. The van der Waals surface area contributed by atoms with Gasteiger partial charge < -0.3 is 24.4 Å². The van der Waals surface area contributed by atoms with Crippen LogP contribution >= 0.6 is 0 Å². The Hall–Kier alpha value is -2.97. The molecule has 0 aromatic heterocycles. The lowest BCUT2D eigenvalue weighted by molar-refractivity contribution is -0.162. The maximum Gasteiger partial charge on any atom is 0.313 e. The molecule has 8 nitrogen and oxygen atoms in total. The number of aryl methyl sites for hydroxylation is 2. The maximum absolute atomic E-state index is 14.8. The Morgan fingerprint density at radius 3 is 2.44 bits per heavy atom. The lowest BCUT2D eigenvalue weighted by Crippen LogP contribution is -2.60. The van der Waals surface area contributed by atoms with Gasteiger partial charge in [0.2, 0.25) is 5.91 Å². The van der Waals surface area contributed by atoms with Crippen molar-refractivity contribution in [1.82, 2.24) is 4.90 Å². The van der Waals surface area contributed by atoms with Crippen LogP contribution in [0.25, 0.3) is 0 Å². The number of benzene rings is 1. The van der Waals surface area contributed by atoms with Crippen molar-refractivity contribution in [3.63, 3.8) is 0 Å². The van der Waals surface area contributed by atoms with Gasteiger partial charge in [-0.3, -0.25) is 14.4 Å². The smallest absolute Gasteiger partial charge is 0.313 e. The van der Waals surface area contributed by atoms with Crippen LogP contribution in [0.1, 0.15) is 45.2 Å². The fraction of sp³-hybridized carbons (Fsp3) is 0.581. The predicted octanol–water partition coefficient (Wildman–Crippen LogP) is 3.58. The maximum atomic E-state index is 14.8. The topological polar surface area (TPSA) is 96.4 Å². The highest BCUT2D eigenvalue weighted by molar-refractivity contribution is 6.05. The number of carbonyl (C=O) groups is 3. The van der Waals surface area contributed by atoms with Crippen molar-refractivity contribution >= 4 is 23.5 Å². The summed E-state index contributed by atoms with van der Waals surface area (Å²) in [7, 11) is 0. The van der Waals surface area contributed by atoms with Crippen LogP contribution in [0.4, 0.5) is 5.69 Å². The minimum absolute atomic E-state index is 0.0186. The van der Waals surface area contributed by atoms with Crippen molar-refractivity contribution in [2.24, 2.45) is 23.7 Å². The molecule has 2 amide bonds. The van der Waals surface area contributed by atoms with Crippen LogP contribution in [0.2, 0.25) is 0 Å². The Morgan fingerprint density at radius 2 is 1.90 bits per heavy atom. The monoisotopic (exact) mass is 538 g/mol. The molecule has 1 aromatic rings. The number of para-hydroxylation sites is 1. The predicted molar refractivity (Wildman–Crippen MR) is 149 cm³/mol. The standard InChI is InChI=1S/C31H42N2O6/c1-9-14-32(25-19(5)12-11-13-20(25)6)28(36)26-31-16-21(7)30(8,39-31)24(29(37)38-15-10-2)23(31)27(35)33(26)22(17-34)18(3)4/h9-13,18,21-24,26,34H,1-2,14-17H2,3-8H3/t21?,22-,23-,24-,26?,30+,31?/m0/s1. The number of fused-ring (bicyclic) bond motifs is 1. The minimum Gasteiger partial charge on any atom is -0.461 e. The number of hydrogen-bond donors (Lipinski definition) is 1. The summed E-state index contributed by atoms with van der Waals surface area (Å²) in [6.45, 7) is 19.0. The molecule has 39 heavy (non-hydrogen) atoms. The van der Waals surface area contributed by atoms with Gasteiger partial charge in [-0.2, -0.15) is 0 Å². The molecule has 1 N–H and O–H groups in total. The zero-order chi connectivity index (χ0) is 28.9. The molecule has 4 rings (SSSR count). The third kappa shape index (κ3) is 4.23. The number of aliphatic hydroxyl groups excluding tert-OH is 1. The van der Waals surface area contributed by atoms with Crippen LogP contribution in [0, 0.1) is 37.5 Å². The van der Waals surface area contributed by atoms with Crippen molar-refractivity contribution in [3.8, 4) is 0 Å². The van der Waals surface area contributed by atoms with Crippen molar-refractivity contribution in [3.05, 3.63) is 54.6 Å². The summed E-state index contributed by atoms with van der Waals surface area (Å²) < 4.78 is 12.3. The lowest BCUT2D eigenvalue weighted by atomic mass is 9.62. The highest BCUT2D eigenvalue weighted by Gasteiger charge is 2.81. The van der Waals surface area contributed by atoms with Crippen LogP contribution in [0.3, 0.4) is 0 Å². The van der Waals surface area contributed by atoms with Gasteiger partial charge >= 0.3 is 5.97 Å². The highest BCUT2D eigenvalue weighted by atomic mass is 16.6. The molecule has 8 heteroatoms. The van der Waals surface area contributed by atoms with Gasteiger partial charge in [0.15, 0.2) is 0 Å². The number of hydrogen-bond acceptors (Lipinski definition) is 6. The number of nitrogens with zero attached hydrogens (tertiary/aromatic N) is 2. The van der Waals surface area contributed by atoms with Gasteiger partial charge in [0, 0.05) is 12.2 Å². The normalized spacial score (nSPS) is 31.8. The van der Waals surface area contributed by atoms with Crippen LogP contribution in [-0.2, 0) is 23.9 Å². The van der Waals surface area contributed by atoms with Crippen LogP contribution < -0.4 is 4.90 Å². The van der Waals surface area contributed by atoms with E-state index in [2.05, 4.69) is 13.2 Å². The van der Waals surface area contributed by atoms with E-state index in [1.807, 2.05) is 59.7 Å². The van der Waals surface area contributed by atoms with E-state index in [1.54, 1.807) is 11.0 Å². The quantitative estimate of drug-likeness (QED) is 0.361. The molecule has 7 atom stereocenters. The molecule has 212 valence electrons. The molecule has 3 fully saturated rings. The van der Waals surface area contributed by atoms with E-state index in [0.717, 1.165) is 16.8 Å². The fourth-order valence-corrected chi connectivity index (χ4v) is 7.32. The number of esters is 1. The molecular formula is C31H42N2O6. The van der Waals surface area contributed by atoms with Gasteiger partial charge in [-0.1, -0.05) is 57.7 Å². The molecule has 3 aliphatic heterocycles. The van der Waals surface area contributed by atoms with E-state index in [1.165, 1.54) is 11.0 Å². The summed E-state index contributed by atoms with van der Waals surface area (Å²) in [6, 6.07) is 4.17. The van der Waals surface area contributed by atoms with Crippen LogP contribution in [0.5, 0.6) is 0 Å². The molecule has 3 saturated heterocycles. The van der Waals surface area contributed by atoms with Crippen LogP contribution in [0.15, 0.2) is 43.5 Å². The Bertz CT molecular complexity index is 1160. The fourth-order valence-electron chi connectivity index (χ4n) is 7.32. The van der Waals surface area contributed by atoms with Gasteiger partial charge in [0.25, 0.3) is 5.91 Å². The molecule has 1 aromatic carbocycles. The summed E-state index contributed by atoms with van der Waals surface area (Å²) in [4.78, 5) is 45.9. The first kappa shape index (κ1) is 29.0. The summed E-state index contributed by atoms with van der Waals surface area (Å²) >= 11 is 0. The summed E-state index contributed by atoms with van der Waals surface area (Å²) in [5.41, 5.74) is 0.380. The zero-order valence-electron chi connectivity index (χ0n) is 24.0. The molecule has 0 saturated carbocycles. The van der Waals surface area contributed by atoms with Gasteiger partial charge in [-0.15, -0.1) is 6.58 Å². The first-order valence-corrected chi connectivity index (χ1v) is 13.8. The average molecular weight is 539 g/mol. The number of carbonyl (C=O) groups excluding carboxylic acids is 3. The van der Waals surface area contributed by atoms with E-state index >= 15 is 0 Å². The average Bonchev–Trinajstić information content (AvgIpc) is 3.39. The summed E-state index contributed by atoms with van der Waals surface area (Å²) in [5.74, 6) is -3.22. The second-order valence-electron chi connectivity index (χ2n) is 11.8. The van der Waals surface area contributed by atoms with E-state index < -0.39 is 41.1 Å². The van der Waals surface area contributed by atoms with E-state index in [4.69, 9.17) is 9.47 Å². The largest absolute Gasteiger partial charge is 0.461 e. The minimum atomic E-state index is -1.24. The first-order valence-electron chi connectivity index (χ1n) is 13.8. The molecule has 0 radical (unpaired) electrons. The lowest BCUT2D eigenvalue weighted by Gasteiger charge is -2.41. The van der Waals surface area contributed by atoms with Crippen molar-refractivity contribution in [2.75, 3.05) is 24.7 Å². The van der Waals surface area contributed by atoms with Crippen molar-refractivity contribution in [1.29, 1.82) is 0 Å². The highest BCUT2D eigenvalue weighted by Crippen LogP contribution is 2.66. The van der Waals surface area contributed by atoms with E-state index in [9.17, 15) is 19.5 Å². The Balaban J connectivity index is 1.92. The molecule has 2 bridgehead atoms. The SMILES string of the molecule is C=CCOC(=O)[C@@H]1[C@H]2C(=O)N([C@@H](CO)C(C)C)C(C(=O)N(CC=C)c3c(C)cccc3C)C23CC(C)[C@@]1(C)O3. The number of likely N-dealkylation sites (tertiary alicyclic amines) is 1. The first-order chi connectivity index (χ1) is 18.4. The molecule has 3 heterocycles. The second-order valence-corrected chi connectivity index (χ2v) is 11.8. The van der Waals surface area contributed by atoms with Gasteiger partial charge in [-0.25, -0.2) is 0 Å². The van der Waals surface area contributed by atoms with E-state index in [-0.39, 0.29) is 43.4 Å². The van der Waals surface area contributed by atoms with Crippen molar-refractivity contribution in [2.45, 2.75) is 71.2 Å². The van der Waals surface area contributed by atoms with Gasteiger partial charge in [-0.05, 0) is 50.2 Å². The number of ether oxygens (including phenoxy) is 2. The van der Waals surface area contributed by atoms with Gasteiger partial charge in [0.05, 0.1) is 24.2 Å². The Kier molecular flexibility index (Phi) is 7.85. The molecule has 3 unspecified atom stereocenters. The van der Waals surface area contributed by atoms with E-state index in [0.29, 0.717) is 6.42 Å². The second kappa shape index (κ2) is 10.5. The summed E-state index contributed by atoms with van der Waals surface area (Å²) in [6.07, 6.45) is 3.59. The Labute approximate surface area is 231 Å². The number of anilines is 1. The zero-order valence-corrected chi connectivity index (χ0v) is 24.0. The molecule has 1 spiro atoms. The summed E-state index contributed by atoms with van der Waals surface area (Å²) in [5, 5.41) is 10.5. The Morgan fingerprint density at radius 1 is 1.26 bits per heavy atom.